The van der Waals surface area contributed by atoms with E-state index in [1.165, 1.54) is 41.1 Å². The molecule has 2 fully saturated rings. The van der Waals surface area contributed by atoms with Crippen LogP contribution < -0.4 is 19.7 Å². The molecule has 1 aliphatic carbocycles. The lowest BCUT2D eigenvalue weighted by atomic mass is 9.72. The summed E-state index contributed by atoms with van der Waals surface area (Å²) in [4.78, 5) is 51.6. The molecule has 2 aliphatic heterocycles. The van der Waals surface area contributed by atoms with Crippen LogP contribution >= 0.6 is 11.6 Å². The summed E-state index contributed by atoms with van der Waals surface area (Å²) in [6.07, 6.45) is 6.98. The minimum Gasteiger partial charge on any atom is -0.455 e. The van der Waals surface area contributed by atoms with E-state index >= 15 is 0 Å². The topological polar surface area (TPSA) is 213 Å². The number of sulfonamides is 1. The molecule has 0 radical (unpaired) electrons. The fourth-order valence-electron chi connectivity index (χ4n) is 9.22. The largest absolute Gasteiger partial charge is 0.455 e. The highest BCUT2D eigenvalue weighted by Gasteiger charge is 2.31. The Balaban J connectivity index is 0.949. The van der Waals surface area contributed by atoms with Gasteiger partial charge >= 0.3 is 0 Å². The molecule has 3 aliphatic rings. The number of rotatable bonds is 16. The summed E-state index contributed by atoms with van der Waals surface area (Å²) >= 11 is 6.25. The molecule has 378 valence electrons. The maximum absolute atomic E-state index is 14.1. The molecular weight excluding hydrogens is 966 g/mol. The van der Waals surface area contributed by atoms with Crippen molar-refractivity contribution in [2.45, 2.75) is 71.2 Å². The number of fused-ring (bicyclic) bond motifs is 1. The summed E-state index contributed by atoms with van der Waals surface area (Å²) in [6.45, 7) is 15.4. The number of nitro groups is 1. The van der Waals surface area contributed by atoms with Crippen LogP contribution in [0.5, 0.6) is 11.5 Å². The summed E-state index contributed by atoms with van der Waals surface area (Å²) in [7, 11) is -7.23. The number of piperazine rings is 1. The van der Waals surface area contributed by atoms with Crippen molar-refractivity contribution in [2.75, 3.05) is 74.1 Å². The zero-order chi connectivity index (χ0) is 50.7. The molecule has 4 heterocycles. The van der Waals surface area contributed by atoms with Crippen LogP contribution in [0.2, 0.25) is 5.02 Å². The smallest absolute Gasteiger partial charge is 0.293 e. The van der Waals surface area contributed by atoms with E-state index in [9.17, 15) is 32.3 Å². The van der Waals surface area contributed by atoms with Crippen LogP contribution in [0.3, 0.4) is 0 Å². The third kappa shape index (κ3) is 12.8. The molecule has 1 atom stereocenters. The molecule has 0 spiro atoms. The van der Waals surface area contributed by atoms with E-state index < -0.39 is 41.2 Å². The fraction of sp³-hybridized carbons (Fsp3) is 0.431. The Bertz CT molecular complexity index is 3070. The lowest BCUT2D eigenvalue weighted by molar-refractivity contribution is -0.384. The molecular formula is C51H62ClN9O8S2. The van der Waals surface area contributed by atoms with Crippen molar-refractivity contribution in [3.05, 3.63) is 117 Å². The van der Waals surface area contributed by atoms with Crippen LogP contribution in [-0.4, -0.2) is 119 Å². The highest BCUT2D eigenvalue weighted by molar-refractivity contribution is 7.94. The molecule has 0 saturated carbocycles. The minimum atomic E-state index is -4.63. The monoisotopic (exact) mass is 1030 g/mol. The van der Waals surface area contributed by atoms with Crippen LogP contribution in [0.1, 0.15) is 76.2 Å². The predicted molar refractivity (Wildman–Crippen MR) is 279 cm³/mol. The maximum atomic E-state index is 14.1. The summed E-state index contributed by atoms with van der Waals surface area (Å²) in [5, 5.41) is 17.0. The molecule has 2 saturated heterocycles. The number of hydrogen-bond acceptors (Lipinski definition) is 13. The van der Waals surface area contributed by atoms with E-state index in [-0.39, 0.29) is 51.8 Å². The third-order valence-electron chi connectivity index (χ3n) is 13.5. The first-order valence-corrected chi connectivity index (χ1v) is 27.7. The number of nitrogens with one attached hydrogen (secondary N) is 3. The number of amides is 2. The lowest BCUT2D eigenvalue weighted by Crippen LogP contribution is -2.47. The number of pyridine rings is 1. The van der Waals surface area contributed by atoms with Gasteiger partial charge in [-0.2, -0.15) is 4.36 Å². The molecule has 71 heavy (non-hydrogen) atoms. The Morgan fingerprint density at radius 3 is 2.41 bits per heavy atom. The van der Waals surface area contributed by atoms with Gasteiger partial charge in [0.05, 0.1) is 31.3 Å². The Morgan fingerprint density at radius 1 is 0.972 bits per heavy atom. The van der Waals surface area contributed by atoms with E-state index in [1.807, 2.05) is 25.1 Å². The molecule has 8 rings (SSSR count). The fourth-order valence-corrected chi connectivity index (χ4v) is 12.3. The van der Waals surface area contributed by atoms with Gasteiger partial charge in [-0.25, -0.2) is 22.3 Å². The number of anilines is 2. The highest BCUT2D eigenvalue weighted by Crippen LogP contribution is 2.43. The van der Waals surface area contributed by atoms with Gasteiger partial charge in [0.15, 0.2) is 0 Å². The van der Waals surface area contributed by atoms with Gasteiger partial charge in [0, 0.05) is 110 Å². The van der Waals surface area contributed by atoms with Crippen LogP contribution in [0.4, 0.5) is 17.1 Å². The molecule has 3 aromatic carbocycles. The summed E-state index contributed by atoms with van der Waals surface area (Å²) in [6, 6.07) is 19.9. The molecule has 0 bridgehead atoms. The average molecular weight is 1030 g/mol. The molecule has 0 unspecified atom stereocenters. The molecule has 2 amide bonds. The number of nitrogens with zero attached hydrogens (tertiary/aromatic N) is 6. The third-order valence-corrected chi connectivity index (χ3v) is 17.3. The molecule has 2 aromatic heterocycles. The molecule has 5 aromatic rings. The summed E-state index contributed by atoms with van der Waals surface area (Å²) < 4.78 is 53.3. The van der Waals surface area contributed by atoms with Gasteiger partial charge in [0.25, 0.3) is 27.5 Å². The van der Waals surface area contributed by atoms with Crippen LogP contribution in [-0.2, 0) is 24.5 Å². The number of halogens is 1. The highest BCUT2D eigenvalue weighted by atomic mass is 35.5. The Labute approximate surface area is 420 Å². The van der Waals surface area contributed by atoms with Gasteiger partial charge in [-0.1, -0.05) is 57.0 Å². The zero-order valence-corrected chi connectivity index (χ0v) is 43.2. The minimum absolute atomic E-state index is 0.0666. The van der Waals surface area contributed by atoms with E-state index in [4.69, 9.17) is 16.3 Å². The second-order valence-electron chi connectivity index (χ2n) is 19.9. The Kier molecular flexibility index (Phi) is 15.6. The van der Waals surface area contributed by atoms with Crippen molar-refractivity contribution in [1.29, 1.82) is 0 Å². The molecule has 20 heteroatoms. The first kappa shape index (κ1) is 51.5. The van der Waals surface area contributed by atoms with Crippen molar-refractivity contribution in [1.82, 2.24) is 24.5 Å². The van der Waals surface area contributed by atoms with Gasteiger partial charge in [-0.05, 0) is 97.7 Å². The molecule has 3 N–H and O–H groups in total. The SMILES string of the molecule is CC(C)C(=O)N=S1(=O)CCN(CC[C@H](C)Nc2ccc(S(=O)(=O)NC(=O)c3ccc(N4CCN(CC5=C(c6ccc(Cl)cc6)CC(C)(C)CC5)CC4)cc3Oc3cnc4[nH]ccc4c3)cc2[N+](=O)[O-])CC1. The first-order valence-electron chi connectivity index (χ1n) is 24.0. The number of carbonyl (C=O) groups is 2. The Hall–Kier alpha value is -5.86. The average Bonchev–Trinajstić information content (AvgIpc) is 3.80. The summed E-state index contributed by atoms with van der Waals surface area (Å²) in [5.74, 6) is -0.650. The number of hydrogen-bond donors (Lipinski definition) is 3. The number of benzene rings is 3. The lowest BCUT2D eigenvalue weighted by Gasteiger charge is -2.39. The van der Waals surface area contributed by atoms with E-state index in [1.54, 1.807) is 38.2 Å². The van der Waals surface area contributed by atoms with Crippen LogP contribution in [0, 0.1) is 21.4 Å². The van der Waals surface area contributed by atoms with Crippen LogP contribution in [0.25, 0.3) is 16.6 Å². The van der Waals surface area contributed by atoms with Gasteiger partial charge < -0.3 is 24.8 Å². The van der Waals surface area contributed by atoms with E-state index in [0.717, 1.165) is 61.1 Å². The van der Waals surface area contributed by atoms with Gasteiger partial charge in [0.2, 0.25) is 0 Å². The van der Waals surface area contributed by atoms with Crippen molar-refractivity contribution in [3.8, 4) is 11.5 Å². The standard InChI is InChI=1S/C51H62ClN9O8S2/c1-34(2)49(62)56-70(66)26-24-58(25-27-70)19-16-35(3)55-45-13-11-42(30-46(45)61(64)65)71(67,68)57-50(63)43-12-10-40(29-47(43)69-41-28-37-15-18-53-48(37)54-32-41)60-22-20-59(21-23-60)33-38-14-17-51(4,5)31-44(38)36-6-8-39(52)9-7-36/h6-13,15,18,28-30,32,34-35,55H,14,16-17,19-27,31,33H2,1-5H3,(H,53,54)(H,57,63)/t35-/m0/s1. The van der Waals surface area contributed by atoms with Crippen LogP contribution in [0.15, 0.2) is 100 Å². The van der Waals surface area contributed by atoms with Crippen molar-refractivity contribution in [3.63, 3.8) is 0 Å². The second-order valence-corrected chi connectivity index (χ2v) is 24.5. The Morgan fingerprint density at radius 2 is 1.70 bits per heavy atom. The number of aromatic amines is 1. The number of ether oxygens (including phenoxy) is 1. The quantitative estimate of drug-likeness (QED) is 0.0623. The van der Waals surface area contributed by atoms with Gasteiger partial charge in [-0.3, -0.25) is 24.6 Å². The van der Waals surface area contributed by atoms with Crippen molar-refractivity contribution >= 4 is 76.8 Å². The van der Waals surface area contributed by atoms with E-state index in [0.29, 0.717) is 50.5 Å². The zero-order valence-electron chi connectivity index (χ0n) is 40.8. The number of carbonyl (C=O) groups excluding carboxylic acids is 2. The number of aromatic nitrogens is 2. The van der Waals surface area contributed by atoms with Gasteiger partial charge in [-0.15, -0.1) is 0 Å². The molecule has 17 nitrogen and oxygen atoms in total. The van der Waals surface area contributed by atoms with Crippen molar-refractivity contribution < 1.29 is 31.9 Å². The maximum Gasteiger partial charge on any atom is 0.293 e. The van der Waals surface area contributed by atoms with Gasteiger partial charge in [0.1, 0.15) is 22.8 Å². The normalized spacial score (nSPS) is 18.0. The predicted octanol–water partition coefficient (Wildman–Crippen LogP) is 8.98. The van der Waals surface area contributed by atoms with E-state index in [2.05, 4.69) is 65.0 Å². The first-order chi connectivity index (χ1) is 33.7. The number of H-pyrrole nitrogens is 1. The summed E-state index contributed by atoms with van der Waals surface area (Å²) in [5.41, 5.74) is 5.27. The number of nitro benzene ring substituents is 1. The van der Waals surface area contributed by atoms with Crippen molar-refractivity contribution in [2.24, 2.45) is 15.7 Å². The number of allylic oxidation sites excluding steroid dienone is 1. The second kappa shape index (κ2) is 21.5.